The molecule has 0 aromatic heterocycles. The van der Waals surface area contributed by atoms with Gasteiger partial charge >= 0.3 is 0 Å². The van der Waals surface area contributed by atoms with Crippen LogP contribution >= 0.6 is 0 Å². The average molecular weight is 327 g/mol. The third kappa shape index (κ3) is 4.49. The predicted octanol–water partition coefficient (Wildman–Crippen LogP) is 3.58. The van der Waals surface area contributed by atoms with E-state index in [1.165, 1.54) is 0 Å². The second-order valence-corrected chi connectivity index (χ2v) is 6.29. The van der Waals surface area contributed by atoms with Gasteiger partial charge in [-0.05, 0) is 36.6 Å². The van der Waals surface area contributed by atoms with Crippen molar-refractivity contribution < 1.29 is 14.6 Å². The molecule has 1 N–H and O–H groups in total. The SMILES string of the molecule is COc1ccccc1CN(Cc1cccc(O)c1)CC1CCCO1. The summed E-state index contributed by atoms with van der Waals surface area (Å²) in [6.45, 7) is 3.30. The molecule has 4 nitrogen and oxygen atoms in total. The highest BCUT2D eigenvalue weighted by molar-refractivity contribution is 5.33. The van der Waals surface area contributed by atoms with E-state index in [1.807, 2.05) is 36.4 Å². The van der Waals surface area contributed by atoms with Crippen LogP contribution in [-0.2, 0) is 17.8 Å². The third-order valence-electron chi connectivity index (χ3n) is 4.39. The molecule has 24 heavy (non-hydrogen) atoms. The lowest BCUT2D eigenvalue weighted by Crippen LogP contribution is -2.31. The van der Waals surface area contributed by atoms with E-state index in [2.05, 4.69) is 11.0 Å². The highest BCUT2D eigenvalue weighted by Gasteiger charge is 2.20. The van der Waals surface area contributed by atoms with Gasteiger partial charge in [0.2, 0.25) is 0 Å². The molecule has 0 amide bonds. The summed E-state index contributed by atoms with van der Waals surface area (Å²) in [5.74, 6) is 1.22. The third-order valence-corrected chi connectivity index (χ3v) is 4.39. The Labute approximate surface area is 143 Å². The number of benzene rings is 2. The number of phenols is 1. The van der Waals surface area contributed by atoms with Gasteiger partial charge in [-0.25, -0.2) is 0 Å². The largest absolute Gasteiger partial charge is 0.508 e. The van der Waals surface area contributed by atoms with Crippen molar-refractivity contribution in [3.63, 3.8) is 0 Å². The molecule has 4 heteroatoms. The second kappa shape index (κ2) is 8.18. The monoisotopic (exact) mass is 327 g/mol. The van der Waals surface area contributed by atoms with Crippen LogP contribution in [0, 0.1) is 0 Å². The lowest BCUT2D eigenvalue weighted by molar-refractivity contribution is 0.0676. The number of aromatic hydroxyl groups is 1. The first-order valence-electron chi connectivity index (χ1n) is 8.48. The molecule has 128 valence electrons. The van der Waals surface area contributed by atoms with Crippen molar-refractivity contribution in [3.8, 4) is 11.5 Å². The molecule has 1 fully saturated rings. The van der Waals surface area contributed by atoms with Crippen molar-refractivity contribution in [2.24, 2.45) is 0 Å². The zero-order valence-corrected chi connectivity index (χ0v) is 14.1. The van der Waals surface area contributed by atoms with Crippen LogP contribution in [-0.4, -0.2) is 36.4 Å². The zero-order chi connectivity index (χ0) is 16.8. The van der Waals surface area contributed by atoms with Gasteiger partial charge in [0.25, 0.3) is 0 Å². The van der Waals surface area contributed by atoms with E-state index in [9.17, 15) is 5.11 Å². The molecule has 1 aliphatic rings. The Balaban J connectivity index is 1.75. The van der Waals surface area contributed by atoms with Crippen molar-refractivity contribution in [2.45, 2.75) is 32.0 Å². The summed E-state index contributed by atoms with van der Waals surface area (Å²) < 4.78 is 11.3. The Bertz CT molecular complexity index is 653. The molecule has 1 aliphatic heterocycles. The number of rotatable bonds is 7. The standard InChI is InChI=1S/C20H25NO3/c1-23-20-10-3-2-7-17(20)14-21(15-19-9-5-11-24-19)13-16-6-4-8-18(22)12-16/h2-4,6-8,10,12,19,22H,5,9,11,13-15H2,1H3. The quantitative estimate of drug-likeness (QED) is 0.844. The van der Waals surface area contributed by atoms with Crippen LogP contribution in [0.5, 0.6) is 11.5 Å². The number of hydrogen-bond acceptors (Lipinski definition) is 4. The Hall–Kier alpha value is -2.04. The maximum atomic E-state index is 9.72. The molecular formula is C20H25NO3. The average Bonchev–Trinajstić information content (AvgIpc) is 3.08. The molecule has 2 aromatic rings. The molecule has 2 aromatic carbocycles. The van der Waals surface area contributed by atoms with Crippen LogP contribution in [0.25, 0.3) is 0 Å². The minimum Gasteiger partial charge on any atom is -0.508 e. The predicted molar refractivity (Wildman–Crippen MR) is 94.2 cm³/mol. The maximum absolute atomic E-state index is 9.72. The molecule has 0 spiro atoms. The zero-order valence-electron chi connectivity index (χ0n) is 14.1. The molecule has 1 heterocycles. The van der Waals surface area contributed by atoms with Crippen LogP contribution in [0.4, 0.5) is 0 Å². The summed E-state index contributed by atoms with van der Waals surface area (Å²) in [6, 6.07) is 15.6. The van der Waals surface area contributed by atoms with E-state index < -0.39 is 0 Å². The first kappa shape index (κ1) is 16.8. The topological polar surface area (TPSA) is 41.9 Å². The maximum Gasteiger partial charge on any atom is 0.123 e. The fourth-order valence-electron chi connectivity index (χ4n) is 3.25. The van der Waals surface area contributed by atoms with E-state index in [1.54, 1.807) is 13.2 Å². The Morgan fingerprint density at radius 2 is 2.04 bits per heavy atom. The first-order chi connectivity index (χ1) is 11.7. The van der Waals surface area contributed by atoms with Gasteiger partial charge in [-0.15, -0.1) is 0 Å². The van der Waals surface area contributed by atoms with Gasteiger partial charge in [0.05, 0.1) is 13.2 Å². The number of phenolic OH excluding ortho intramolecular Hbond substituents is 1. The van der Waals surface area contributed by atoms with Crippen LogP contribution in [0.3, 0.4) is 0 Å². The molecule has 0 aliphatic carbocycles. The molecule has 1 saturated heterocycles. The van der Waals surface area contributed by atoms with Gasteiger partial charge in [-0.3, -0.25) is 4.90 Å². The summed E-state index contributed by atoms with van der Waals surface area (Å²) in [5, 5.41) is 9.72. The van der Waals surface area contributed by atoms with Crippen molar-refractivity contribution in [3.05, 3.63) is 59.7 Å². The first-order valence-corrected chi connectivity index (χ1v) is 8.48. The molecule has 3 rings (SSSR count). The summed E-state index contributed by atoms with van der Waals surface area (Å²) in [7, 11) is 1.71. The molecule has 0 bridgehead atoms. The van der Waals surface area contributed by atoms with Gasteiger partial charge < -0.3 is 14.6 Å². The van der Waals surface area contributed by atoms with Crippen LogP contribution in [0.15, 0.2) is 48.5 Å². The Kier molecular flexibility index (Phi) is 5.72. The number of ether oxygens (including phenoxy) is 2. The second-order valence-electron chi connectivity index (χ2n) is 6.29. The minimum atomic E-state index is 0.289. The fraction of sp³-hybridized carbons (Fsp3) is 0.400. The van der Waals surface area contributed by atoms with E-state index in [0.29, 0.717) is 5.75 Å². The van der Waals surface area contributed by atoms with Crippen molar-refractivity contribution >= 4 is 0 Å². The molecule has 1 unspecified atom stereocenters. The van der Waals surface area contributed by atoms with Crippen LogP contribution in [0.1, 0.15) is 24.0 Å². The lowest BCUT2D eigenvalue weighted by Gasteiger charge is -2.26. The normalized spacial score (nSPS) is 17.3. The van der Waals surface area contributed by atoms with Crippen LogP contribution in [0.2, 0.25) is 0 Å². The highest BCUT2D eigenvalue weighted by Crippen LogP contribution is 2.23. The number of hydrogen-bond donors (Lipinski definition) is 1. The highest BCUT2D eigenvalue weighted by atomic mass is 16.5. The molecular weight excluding hydrogens is 302 g/mol. The number of nitrogens with zero attached hydrogens (tertiary/aromatic N) is 1. The summed E-state index contributed by atoms with van der Waals surface area (Å²) in [6.07, 6.45) is 2.54. The van der Waals surface area contributed by atoms with Gasteiger partial charge in [-0.1, -0.05) is 30.3 Å². The van der Waals surface area contributed by atoms with Crippen molar-refractivity contribution in [2.75, 3.05) is 20.3 Å². The molecule has 1 atom stereocenters. The Morgan fingerprint density at radius 3 is 2.79 bits per heavy atom. The van der Waals surface area contributed by atoms with Gasteiger partial charge in [0.15, 0.2) is 0 Å². The van der Waals surface area contributed by atoms with Gasteiger partial charge in [-0.2, -0.15) is 0 Å². The minimum absolute atomic E-state index is 0.289. The number of para-hydroxylation sites is 1. The smallest absolute Gasteiger partial charge is 0.123 e. The summed E-state index contributed by atoms with van der Waals surface area (Å²) >= 11 is 0. The van der Waals surface area contributed by atoms with Crippen LogP contribution < -0.4 is 4.74 Å². The van der Waals surface area contributed by atoms with Gasteiger partial charge in [0, 0.05) is 31.8 Å². The summed E-state index contributed by atoms with van der Waals surface area (Å²) in [5.41, 5.74) is 2.26. The number of methoxy groups -OCH3 is 1. The van der Waals surface area contributed by atoms with E-state index in [0.717, 1.165) is 56.0 Å². The van der Waals surface area contributed by atoms with Crippen molar-refractivity contribution in [1.82, 2.24) is 4.90 Å². The van der Waals surface area contributed by atoms with E-state index >= 15 is 0 Å². The van der Waals surface area contributed by atoms with Gasteiger partial charge in [0.1, 0.15) is 11.5 Å². The summed E-state index contributed by atoms with van der Waals surface area (Å²) in [4.78, 5) is 2.36. The van der Waals surface area contributed by atoms with E-state index in [-0.39, 0.29) is 6.10 Å². The Morgan fingerprint density at radius 1 is 1.17 bits per heavy atom. The van der Waals surface area contributed by atoms with E-state index in [4.69, 9.17) is 9.47 Å². The lowest BCUT2D eigenvalue weighted by atomic mass is 10.1. The molecule has 0 saturated carbocycles. The van der Waals surface area contributed by atoms with Crippen molar-refractivity contribution in [1.29, 1.82) is 0 Å². The molecule has 0 radical (unpaired) electrons. The fourth-order valence-corrected chi connectivity index (χ4v) is 3.25.